The Labute approximate surface area is 199 Å². The monoisotopic (exact) mass is 473 g/mol. The van der Waals surface area contributed by atoms with Crippen LogP contribution in [0.15, 0.2) is 66.7 Å². The Morgan fingerprint density at radius 2 is 1.66 bits per heavy atom. The molecule has 3 aromatic carbocycles. The number of nitro groups is 1. The molecule has 0 fully saturated rings. The lowest BCUT2D eigenvalue weighted by atomic mass is 10.1. The Bertz CT molecular complexity index is 1350. The molecule has 0 bridgehead atoms. The lowest BCUT2D eigenvalue weighted by Crippen LogP contribution is -2.32. The Hall–Kier alpha value is -4.86. The largest absolute Gasteiger partial charge is 0.426 e. The first-order chi connectivity index (χ1) is 16.7. The van der Waals surface area contributed by atoms with Crippen molar-refractivity contribution in [2.45, 2.75) is 13.3 Å². The van der Waals surface area contributed by atoms with Crippen molar-refractivity contribution in [2.75, 3.05) is 11.9 Å². The normalized spacial score (nSPS) is 12.3. The number of carbonyl (C=O) groups is 4. The molecule has 3 aromatic rings. The smallest absolute Gasteiger partial charge is 0.312 e. The number of nitrogens with zero attached hydrogens (tertiary/aromatic N) is 2. The summed E-state index contributed by atoms with van der Waals surface area (Å²) >= 11 is 0. The zero-order valence-corrected chi connectivity index (χ0v) is 18.5. The third kappa shape index (κ3) is 4.91. The van der Waals surface area contributed by atoms with Gasteiger partial charge in [-0.1, -0.05) is 23.8 Å². The minimum absolute atomic E-state index is 0.0722. The van der Waals surface area contributed by atoms with E-state index < -0.39 is 28.4 Å². The molecule has 176 valence electrons. The molecule has 1 N–H and O–H groups in total. The number of amides is 3. The lowest BCUT2D eigenvalue weighted by Gasteiger charge is -2.13. The summed E-state index contributed by atoms with van der Waals surface area (Å²) in [6.45, 7) is 1.65. The van der Waals surface area contributed by atoms with Crippen molar-refractivity contribution in [2.24, 2.45) is 0 Å². The number of rotatable bonds is 7. The van der Waals surface area contributed by atoms with Gasteiger partial charge in [0.1, 0.15) is 11.3 Å². The Kier molecular flexibility index (Phi) is 6.36. The van der Waals surface area contributed by atoms with Gasteiger partial charge in [0, 0.05) is 23.9 Å². The molecule has 0 aliphatic carbocycles. The number of benzene rings is 3. The molecule has 0 atom stereocenters. The molecule has 4 rings (SSSR count). The van der Waals surface area contributed by atoms with Crippen molar-refractivity contribution < 1.29 is 28.8 Å². The quantitative estimate of drug-likeness (QED) is 0.181. The maximum atomic E-state index is 12.6. The average Bonchev–Trinajstić information content (AvgIpc) is 3.09. The molecule has 0 unspecified atom stereocenters. The number of esters is 1. The van der Waals surface area contributed by atoms with Crippen LogP contribution in [0.5, 0.6) is 5.75 Å². The van der Waals surface area contributed by atoms with Gasteiger partial charge in [0.2, 0.25) is 0 Å². The summed E-state index contributed by atoms with van der Waals surface area (Å²) in [6.07, 6.45) is -0.311. The molecule has 0 radical (unpaired) electrons. The van der Waals surface area contributed by atoms with E-state index >= 15 is 0 Å². The van der Waals surface area contributed by atoms with Gasteiger partial charge >= 0.3 is 5.97 Å². The number of hydrogen-bond donors (Lipinski definition) is 1. The second-order valence-corrected chi connectivity index (χ2v) is 7.79. The van der Waals surface area contributed by atoms with E-state index in [-0.39, 0.29) is 35.7 Å². The summed E-state index contributed by atoms with van der Waals surface area (Å²) in [7, 11) is 0. The van der Waals surface area contributed by atoms with Crippen molar-refractivity contribution in [3.63, 3.8) is 0 Å². The molecule has 10 heteroatoms. The highest BCUT2D eigenvalue weighted by molar-refractivity contribution is 6.23. The number of imide groups is 1. The number of nitro benzene ring substituents is 1. The van der Waals surface area contributed by atoms with Crippen LogP contribution in [0.2, 0.25) is 0 Å². The fraction of sp³-hybridized carbons (Fsp3) is 0.120. The highest BCUT2D eigenvalue weighted by Gasteiger charge is 2.40. The number of carbonyl (C=O) groups excluding carboxylic acids is 4. The Morgan fingerprint density at radius 3 is 2.31 bits per heavy atom. The van der Waals surface area contributed by atoms with Crippen LogP contribution in [0.4, 0.5) is 11.4 Å². The maximum Gasteiger partial charge on any atom is 0.312 e. The van der Waals surface area contributed by atoms with Gasteiger partial charge in [0.25, 0.3) is 23.4 Å². The van der Waals surface area contributed by atoms with E-state index in [1.54, 1.807) is 12.1 Å². The first-order valence-corrected chi connectivity index (χ1v) is 10.6. The third-order valence-corrected chi connectivity index (χ3v) is 5.37. The number of aryl methyl sites for hydroxylation is 1. The molecule has 1 aliphatic heterocycles. The molecule has 0 saturated heterocycles. The van der Waals surface area contributed by atoms with Gasteiger partial charge in [0.05, 0.1) is 16.9 Å². The summed E-state index contributed by atoms with van der Waals surface area (Å²) in [4.78, 5) is 60.9. The minimum Gasteiger partial charge on any atom is -0.426 e. The predicted octanol–water partition coefficient (Wildman–Crippen LogP) is 3.75. The van der Waals surface area contributed by atoms with Crippen LogP contribution >= 0.6 is 0 Å². The molecule has 10 nitrogen and oxygen atoms in total. The lowest BCUT2D eigenvalue weighted by molar-refractivity contribution is -0.385. The van der Waals surface area contributed by atoms with E-state index in [9.17, 15) is 29.3 Å². The van der Waals surface area contributed by atoms with Gasteiger partial charge in [-0.05, 0) is 49.4 Å². The summed E-state index contributed by atoms with van der Waals surface area (Å²) < 4.78 is 5.22. The van der Waals surface area contributed by atoms with E-state index in [4.69, 9.17) is 4.74 Å². The van der Waals surface area contributed by atoms with Crippen LogP contribution < -0.4 is 10.1 Å². The van der Waals surface area contributed by atoms with Crippen molar-refractivity contribution >= 4 is 35.1 Å². The molecule has 35 heavy (non-hydrogen) atoms. The number of nitrogens with one attached hydrogen (secondary N) is 1. The van der Waals surface area contributed by atoms with Crippen LogP contribution in [0.25, 0.3) is 0 Å². The second kappa shape index (κ2) is 9.56. The zero-order chi connectivity index (χ0) is 25.1. The van der Waals surface area contributed by atoms with Gasteiger partial charge in [-0.3, -0.25) is 34.2 Å². The van der Waals surface area contributed by atoms with Gasteiger partial charge in [-0.15, -0.1) is 0 Å². The SMILES string of the molecule is Cc1ccc(NC(=O)c2ccc(OC(=O)CCN3C(=O)c4cccc([N+](=O)[O-])c4C3=O)cc2)cc1. The molecule has 0 aromatic heterocycles. The number of anilines is 1. The molecular formula is C25H19N3O7. The Morgan fingerprint density at radius 1 is 0.971 bits per heavy atom. The van der Waals surface area contributed by atoms with Gasteiger partial charge in [0.15, 0.2) is 0 Å². The van der Waals surface area contributed by atoms with Crippen LogP contribution in [0.1, 0.15) is 43.1 Å². The summed E-state index contributed by atoms with van der Waals surface area (Å²) in [5.41, 5.74) is 1.26. The summed E-state index contributed by atoms with van der Waals surface area (Å²) in [5, 5.41) is 13.9. The van der Waals surface area contributed by atoms with Crippen molar-refractivity contribution in [3.05, 3.63) is 99.1 Å². The zero-order valence-electron chi connectivity index (χ0n) is 18.5. The number of ether oxygens (including phenoxy) is 1. The van der Waals surface area contributed by atoms with E-state index in [1.807, 2.05) is 19.1 Å². The van der Waals surface area contributed by atoms with E-state index in [0.717, 1.165) is 16.5 Å². The van der Waals surface area contributed by atoms with Crippen LogP contribution in [0.3, 0.4) is 0 Å². The first-order valence-electron chi connectivity index (χ1n) is 10.6. The highest BCUT2D eigenvalue weighted by atomic mass is 16.6. The van der Waals surface area contributed by atoms with Crippen molar-refractivity contribution in [3.8, 4) is 5.75 Å². The van der Waals surface area contributed by atoms with Crippen molar-refractivity contribution in [1.82, 2.24) is 4.90 Å². The summed E-state index contributed by atoms with van der Waals surface area (Å²) in [5.74, 6) is -2.39. The average molecular weight is 473 g/mol. The van der Waals surface area contributed by atoms with Gasteiger partial charge in [-0.2, -0.15) is 0 Å². The molecular weight excluding hydrogens is 454 g/mol. The maximum absolute atomic E-state index is 12.6. The van der Waals surface area contributed by atoms with E-state index in [1.165, 1.54) is 36.4 Å². The summed E-state index contributed by atoms with van der Waals surface area (Å²) in [6, 6.07) is 17.0. The molecule has 3 amide bonds. The number of fused-ring (bicyclic) bond motifs is 1. The van der Waals surface area contributed by atoms with E-state index in [2.05, 4.69) is 5.32 Å². The van der Waals surface area contributed by atoms with Crippen LogP contribution in [0, 0.1) is 17.0 Å². The third-order valence-electron chi connectivity index (χ3n) is 5.37. The van der Waals surface area contributed by atoms with Crippen LogP contribution in [-0.2, 0) is 4.79 Å². The van der Waals surface area contributed by atoms with Crippen molar-refractivity contribution in [1.29, 1.82) is 0 Å². The molecule has 1 aliphatic rings. The Balaban J connectivity index is 1.33. The molecule has 0 saturated carbocycles. The van der Waals surface area contributed by atoms with E-state index in [0.29, 0.717) is 11.3 Å². The molecule has 0 spiro atoms. The molecule has 1 heterocycles. The second-order valence-electron chi connectivity index (χ2n) is 7.79. The predicted molar refractivity (Wildman–Crippen MR) is 124 cm³/mol. The number of hydrogen-bond acceptors (Lipinski definition) is 7. The first kappa shape index (κ1) is 23.3. The topological polar surface area (TPSA) is 136 Å². The fourth-order valence-electron chi connectivity index (χ4n) is 3.57. The highest BCUT2D eigenvalue weighted by Crippen LogP contribution is 2.30. The standard InChI is InChI=1S/C25H19N3O7/c1-15-5-9-17(10-6-15)26-23(30)16-7-11-18(12-8-16)35-21(29)13-14-27-24(31)19-3-2-4-20(28(33)34)22(19)25(27)32/h2-12H,13-14H2,1H3,(H,26,30). The van der Waals surface area contributed by atoms with Gasteiger partial charge in [-0.25, -0.2) is 0 Å². The minimum atomic E-state index is -0.825. The van der Waals surface area contributed by atoms with Gasteiger partial charge < -0.3 is 10.1 Å². The fourth-order valence-corrected chi connectivity index (χ4v) is 3.57. The van der Waals surface area contributed by atoms with Crippen LogP contribution in [-0.4, -0.2) is 40.1 Å².